The first-order valence-corrected chi connectivity index (χ1v) is 10.6. The van der Waals surface area contributed by atoms with Gasteiger partial charge in [0.1, 0.15) is 5.82 Å². The molecule has 1 aliphatic heterocycles. The van der Waals surface area contributed by atoms with Crippen LogP contribution in [0.3, 0.4) is 0 Å². The molecule has 5 rings (SSSR count). The van der Waals surface area contributed by atoms with Gasteiger partial charge in [-0.05, 0) is 54.7 Å². The molecular weight excluding hydrogens is 388 g/mol. The van der Waals surface area contributed by atoms with Gasteiger partial charge in [-0.1, -0.05) is 19.1 Å². The number of amides is 1. The van der Waals surface area contributed by atoms with Crippen molar-refractivity contribution in [3.8, 4) is 11.1 Å². The maximum atomic E-state index is 12.9. The van der Waals surface area contributed by atoms with Crippen molar-refractivity contribution in [2.24, 2.45) is 5.92 Å². The normalized spacial score (nSPS) is 14.7. The fourth-order valence-corrected chi connectivity index (χ4v) is 3.98. The fourth-order valence-electron chi connectivity index (χ4n) is 3.98. The minimum atomic E-state index is -0.268. The number of hydrogen-bond acceptors (Lipinski definition) is 5. The number of H-pyrrole nitrogens is 1. The summed E-state index contributed by atoms with van der Waals surface area (Å²) in [7, 11) is 0. The molecule has 156 valence electrons. The van der Waals surface area contributed by atoms with E-state index < -0.39 is 0 Å². The molecule has 0 bridgehead atoms. The van der Waals surface area contributed by atoms with Gasteiger partial charge >= 0.3 is 0 Å². The SMILES string of the molecule is CC1CCN(c2ccc(NC(=O)c3n[nH]c4ccc(-c5cccnc5)cc34)cn2)CC1. The molecule has 0 unspecified atom stereocenters. The fraction of sp³-hybridized carbons (Fsp3) is 0.250. The highest BCUT2D eigenvalue weighted by Crippen LogP contribution is 2.26. The molecule has 4 heterocycles. The molecule has 3 aromatic heterocycles. The lowest BCUT2D eigenvalue weighted by Crippen LogP contribution is -2.33. The molecule has 7 heteroatoms. The van der Waals surface area contributed by atoms with Gasteiger partial charge in [-0.2, -0.15) is 5.10 Å². The molecule has 0 aliphatic carbocycles. The molecule has 0 atom stereocenters. The van der Waals surface area contributed by atoms with Crippen molar-refractivity contribution in [1.29, 1.82) is 0 Å². The van der Waals surface area contributed by atoms with E-state index in [2.05, 4.69) is 37.3 Å². The Morgan fingerprint density at radius 2 is 1.97 bits per heavy atom. The van der Waals surface area contributed by atoms with Gasteiger partial charge < -0.3 is 10.2 Å². The summed E-state index contributed by atoms with van der Waals surface area (Å²) in [6.07, 6.45) is 7.63. The van der Waals surface area contributed by atoms with Gasteiger partial charge in [-0.3, -0.25) is 14.9 Å². The number of piperidine rings is 1. The number of benzene rings is 1. The van der Waals surface area contributed by atoms with Crippen LogP contribution in [0.15, 0.2) is 61.1 Å². The minimum absolute atomic E-state index is 0.268. The second-order valence-electron chi connectivity index (χ2n) is 8.10. The number of rotatable bonds is 4. The number of carbonyl (C=O) groups excluding carboxylic acids is 1. The number of anilines is 2. The van der Waals surface area contributed by atoms with Crippen LogP contribution in [-0.4, -0.2) is 39.2 Å². The van der Waals surface area contributed by atoms with Crippen molar-refractivity contribution in [3.63, 3.8) is 0 Å². The maximum absolute atomic E-state index is 12.9. The van der Waals surface area contributed by atoms with Gasteiger partial charge in [0.15, 0.2) is 5.69 Å². The highest BCUT2D eigenvalue weighted by Gasteiger charge is 2.18. The summed E-state index contributed by atoms with van der Waals surface area (Å²) >= 11 is 0. The van der Waals surface area contributed by atoms with Crippen LogP contribution in [0.4, 0.5) is 11.5 Å². The van der Waals surface area contributed by atoms with Crippen molar-refractivity contribution in [3.05, 3.63) is 66.7 Å². The third kappa shape index (κ3) is 3.99. The Morgan fingerprint density at radius 1 is 1.10 bits per heavy atom. The summed E-state index contributed by atoms with van der Waals surface area (Å²) < 4.78 is 0. The van der Waals surface area contributed by atoms with Gasteiger partial charge in [-0.25, -0.2) is 4.98 Å². The van der Waals surface area contributed by atoms with Crippen LogP contribution in [0.25, 0.3) is 22.0 Å². The van der Waals surface area contributed by atoms with E-state index in [1.165, 1.54) is 12.8 Å². The van der Waals surface area contributed by atoms with Gasteiger partial charge in [0.05, 0.1) is 17.4 Å². The molecule has 0 spiro atoms. The van der Waals surface area contributed by atoms with Crippen LogP contribution in [-0.2, 0) is 0 Å². The molecule has 1 saturated heterocycles. The third-order valence-corrected chi connectivity index (χ3v) is 5.89. The Morgan fingerprint density at radius 3 is 2.71 bits per heavy atom. The minimum Gasteiger partial charge on any atom is -0.357 e. The molecular formula is C24H24N6O. The topological polar surface area (TPSA) is 86.8 Å². The Hall–Kier alpha value is -3.74. The van der Waals surface area contributed by atoms with E-state index in [1.54, 1.807) is 18.6 Å². The van der Waals surface area contributed by atoms with Gasteiger partial charge in [0, 0.05) is 36.4 Å². The van der Waals surface area contributed by atoms with Crippen molar-refractivity contribution in [1.82, 2.24) is 20.2 Å². The molecule has 0 radical (unpaired) electrons. The molecule has 2 N–H and O–H groups in total. The number of aromatic nitrogens is 4. The van der Waals surface area contributed by atoms with Crippen LogP contribution in [0.2, 0.25) is 0 Å². The van der Waals surface area contributed by atoms with Crippen molar-refractivity contribution >= 4 is 28.3 Å². The molecule has 1 amide bonds. The second kappa shape index (κ2) is 8.18. The highest BCUT2D eigenvalue weighted by molar-refractivity contribution is 6.11. The van der Waals surface area contributed by atoms with E-state index in [9.17, 15) is 4.79 Å². The van der Waals surface area contributed by atoms with Crippen LogP contribution in [0.1, 0.15) is 30.3 Å². The average molecular weight is 412 g/mol. The molecule has 7 nitrogen and oxygen atoms in total. The quantitative estimate of drug-likeness (QED) is 0.515. The van der Waals surface area contributed by atoms with E-state index in [0.717, 1.165) is 46.9 Å². The standard InChI is InChI=1S/C24H24N6O/c1-16-8-11-30(12-9-16)22-7-5-19(15-26-22)27-24(31)23-20-13-17(4-6-21(20)28-29-23)18-3-2-10-25-14-18/h2-7,10,13-16H,8-9,11-12H2,1H3,(H,27,31)(H,28,29). The summed E-state index contributed by atoms with van der Waals surface area (Å²) in [5.41, 5.74) is 3.79. The predicted molar refractivity (Wildman–Crippen MR) is 122 cm³/mol. The Bertz CT molecular complexity index is 1190. The third-order valence-electron chi connectivity index (χ3n) is 5.89. The van der Waals surface area contributed by atoms with Crippen molar-refractivity contribution in [2.75, 3.05) is 23.3 Å². The zero-order chi connectivity index (χ0) is 21.2. The first kappa shape index (κ1) is 19.2. The summed E-state index contributed by atoms with van der Waals surface area (Å²) in [6.45, 7) is 4.35. The zero-order valence-corrected chi connectivity index (χ0v) is 17.4. The average Bonchev–Trinajstić information content (AvgIpc) is 3.24. The Labute approximate surface area is 180 Å². The van der Waals surface area contributed by atoms with E-state index in [-0.39, 0.29) is 5.91 Å². The first-order chi connectivity index (χ1) is 15.2. The van der Waals surface area contributed by atoms with Gasteiger partial charge in [0.2, 0.25) is 0 Å². The Kier molecular flexibility index (Phi) is 5.08. The molecule has 1 fully saturated rings. The number of pyridine rings is 2. The molecule has 31 heavy (non-hydrogen) atoms. The van der Waals surface area contributed by atoms with E-state index >= 15 is 0 Å². The predicted octanol–water partition coefficient (Wildman–Crippen LogP) is 4.51. The lowest BCUT2D eigenvalue weighted by molar-refractivity contribution is 0.102. The van der Waals surface area contributed by atoms with Gasteiger partial charge in [0.25, 0.3) is 5.91 Å². The number of nitrogens with one attached hydrogen (secondary N) is 2. The Balaban J connectivity index is 1.34. The van der Waals surface area contributed by atoms with Crippen molar-refractivity contribution in [2.45, 2.75) is 19.8 Å². The summed E-state index contributed by atoms with van der Waals surface area (Å²) in [5.74, 6) is 1.46. The maximum Gasteiger partial charge on any atom is 0.276 e. The highest BCUT2D eigenvalue weighted by atomic mass is 16.1. The lowest BCUT2D eigenvalue weighted by Gasteiger charge is -2.31. The number of nitrogens with zero attached hydrogens (tertiary/aromatic N) is 4. The second-order valence-corrected chi connectivity index (χ2v) is 8.10. The lowest BCUT2D eigenvalue weighted by atomic mass is 9.99. The van der Waals surface area contributed by atoms with Crippen LogP contribution in [0, 0.1) is 5.92 Å². The molecule has 1 aliphatic rings. The molecule has 1 aromatic carbocycles. The van der Waals surface area contributed by atoms with E-state index in [4.69, 9.17) is 0 Å². The largest absolute Gasteiger partial charge is 0.357 e. The van der Waals surface area contributed by atoms with Crippen LogP contribution in [0.5, 0.6) is 0 Å². The first-order valence-electron chi connectivity index (χ1n) is 10.6. The van der Waals surface area contributed by atoms with Gasteiger partial charge in [-0.15, -0.1) is 0 Å². The smallest absolute Gasteiger partial charge is 0.276 e. The summed E-state index contributed by atoms with van der Waals surface area (Å²) in [6, 6.07) is 13.6. The molecule has 0 saturated carbocycles. The summed E-state index contributed by atoms with van der Waals surface area (Å²) in [5, 5.41) is 10.9. The zero-order valence-electron chi connectivity index (χ0n) is 17.4. The van der Waals surface area contributed by atoms with Crippen LogP contribution >= 0.6 is 0 Å². The number of carbonyl (C=O) groups is 1. The number of aromatic amines is 1. The van der Waals surface area contributed by atoms with Crippen molar-refractivity contribution < 1.29 is 4.79 Å². The number of hydrogen-bond donors (Lipinski definition) is 2. The summed E-state index contributed by atoms with van der Waals surface area (Å²) in [4.78, 5) is 23.9. The monoisotopic (exact) mass is 412 g/mol. The number of fused-ring (bicyclic) bond motifs is 1. The van der Waals surface area contributed by atoms with Crippen LogP contribution < -0.4 is 10.2 Å². The van der Waals surface area contributed by atoms with E-state index in [0.29, 0.717) is 11.4 Å². The molecule has 4 aromatic rings. The van der Waals surface area contributed by atoms with E-state index in [1.807, 2.05) is 42.5 Å².